The second-order valence-corrected chi connectivity index (χ2v) is 2.54. The molecular formula is C6H12N4O. The Kier molecular flexibility index (Phi) is 2.21. The van der Waals surface area contributed by atoms with Crippen molar-refractivity contribution in [2.45, 2.75) is 26.0 Å². The molecule has 0 saturated heterocycles. The third-order valence-corrected chi connectivity index (χ3v) is 1.32. The van der Waals surface area contributed by atoms with Crippen molar-refractivity contribution >= 4 is 0 Å². The highest BCUT2D eigenvalue weighted by atomic mass is 16.3. The van der Waals surface area contributed by atoms with Gasteiger partial charge in [-0.15, -0.1) is 0 Å². The number of H-pyrrole nitrogens is 1. The third kappa shape index (κ3) is 1.75. The molecule has 0 saturated carbocycles. The lowest BCUT2D eigenvalue weighted by molar-refractivity contribution is 0.189. The Morgan fingerprint density at radius 3 is 2.45 bits per heavy atom. The zero-order valence-electron chi connectivity index (χ0n) is 6.57. The highest BCUT2D eigenvalue weighted by molar-refractivity contribution is 4.95. The van der Waals surface area contributed by atoms with Crippen LogP contribution >= 0.6 is 0 Å². The number of hydrogen-bond acceptors (Lipinski definition) is 4. The Labute approximate surface area is 64.6 Å². The average molecular weight is 156 g/mol. The van der Waals surface area contributed by atoms with Crippen LogP contribution in [-0.4, -0.2) is 20.3 Å². The maximum atomic E-state index is 9.04. The van der Waals surface area contributed by atoms with E-state index in [-0.39, 0.29) is 6.04 Å². The fourth-order valence-electron chi connectivity index (χ4n) is 0.678. The van der Waals surface area contributed by atoms with Gasteiger partial charge < -0.3 is 10.8 Å². The van der Waals surface area contributed by atoms with E-state index in [1.807, 2.05) is 0 Å². The molecule has 1 rings (SSSR count). The van der Waals surface area contributed by atoms with Crippen molar-refractivity contribution < 1.29 is 5.11 Å². The molecule has 0 aliphatic rings. The van der Waals surface area contributed by atoms with Gasteiger partial charge in [0.1, 0.15) is 6.10 Å². The van der Waals surface area contributed by atoms with Crippen LogP contribution in [0.5, 0.6) is 0 Å². The third-order valence-electron chi connectivity index (χ3n) is 1.32. The van der Waals surface area contributed by atoms with Gasteiger partial charge in [0.2, 0.25) is 0 Å². The molecule has 1 heterocycles. The minimum atomic E-state index is -0.616. The Bertz CT molecular complexity index is 208. The van der Waals surface area contributed by atoms with E-state index in [4.69, 9.17) is 10.8 Å². The first-order valence-electron chi connectivity index (χ1n) is 3.47. The average Bonchev–Trinajstić information content (AvgIpc) is 2.33. The fraction of sp³-hybridized carbons (Fsp3) is 0.667. The number of aliphatic hydroxyl groups excluding tert-OH is 1. The lowest BCUT2D eigenvalue weighted by Crippen LogP contribution is -2.07. The lowest BCUT2D eigenvalue weighted by Gasteiger charge is -1.96. The second kappa shape index (κ2) is 2.98. The van der Waals surface area contributed by atoms with E-state index in [0.717, 1.165) is 0 Å². The van der Waals surface area contributed by atoms with Gasteiger partial charge in [-0.25, -0.2) is 4.98 Å². The minimum absolute atomic E-state index is 0.196. The van der Waals surface area contributed by atoms with E-state index >= 15 is 0 Å². The Balaban J connectivity index is 2.82. The predicted octanol–water partition coefficient (Wildman–Crippen LogP) is -0.122. The molecule has 0 aliphatic carbocycles. The highest BCUT2D eigenvalue weighted by Gasteiger charge is 2.09. The maximum absolute atomic E-state index is 9.04. The summed E-state index contributed by atoms with van der Waals surface area (Å²) in [7, 11) is 0. The van der Waals surface area contributed by atoms with Crippen LogP contribution in [0.3, 0.4) is 0 Å². The standard InChI is InChI=1S/C6H12N4O/c1-3(7)5-8-6(4(2)11)10-9-5/h3-4,11H,7H2,1-2H3,(H,8,9,10). The van der Waals surface area contributed by atoms with Crippen LogP contribution < -0.4 is 5.73 Å². The number of nitrogens with two attached hydrogens (primary N) is 1. The first-order valence-corrected chi connectivity index (χ1v) is 3.47. The van der Waals surface area contributed by atoms with E-state index in [1.165, 1.54) is 0 Å². The summed E-state index contributed by atoms with van der Waals surface area (Å²) in [6.07, 6.45) is -0.616. The van der Waals surface area contributed by atoms with Crippen molar-refractivity contribution in [3.8, 4) is 0 Å². The molecule has 1 aromatic heterocycles. The van der Waals surface area contributed by atoms with Crippen LogP contribution in [0.2, 0.25) is 0 Å². The molecule has 2 unspecified atom stereocenters. The molecule has 2 atom stereocenters. The minimum Gasteiger partial charge on any atom is -0.385 e. The van der Waals surface area contributed by atoms with E-state index < -0.39 is 6.10 Å². The van der Waals surface area contributed by atoms with Crippen LogP contribution in [0.1, 0.15) is 37.6 Å². The summed E-state index contributed by atoms with van der Waals surface area (Å²) in [4.78, 5) is 3.97. The summed E-state index contributed by atoms with van der Waals surface area (Å²) >= 11 is 0. The van der Waals surface area contributed by atoms with Crippen molar-refractivity contribution in [3.63, 3.8) is 0 Å². The number of nitrogens with one attached hydrogen (secondary N) is 1. The first-order chi connectivity index (χ1) is 5.11. The van der Waals surface area contributed by atoms with E-state index in [9.17, 15) is 0 Å². The van der Waals surface area contributed by atoms with Gasteiger partial charge in [0.15, 0.2) is 11.6 Å². The summed E-state index contributed by atoms with van der Waals surface area (Å²) in [5.41, 5.74) is 5.50. The van der Waals surface area contributed by atoms with Crippen LogP contribution in [0.25, 0.3) is 0 Å². The topological polar surface area (TPSA) is 87.8 Å². The molecule has 5 heteroatoms. The summed E-state index contributed by atoms with van der Waals surface area (Å²) < 4.78 is 0. The molecule has 1 aromatic rings. The molecule has 0 aliphatic heterocycles. The van der Waals surface area contributed by atoms with Gasteiger partial charge in [-0.2, -0.15) is 5.10 Å². The summed E-state index contributed by atoms with van der Waals surface area (Å²) in [5.74, 6) is 0.984. The molecule has 5 nitrogen and oxygen atoms in total. The highest BCUT2D eigenvalue weighted by Crippen LogP contribution is 2.07. The normalized spacial score (nSPS) is 16.4. The predicted molar refractivity (Wildman–Crippen MR) is 39.6 cm³/mol. The Morgan fingerprint density at radius 2 is 2.18 bits per heavy atom. The zero-order valence-corrected chi connectivity index (χ0v) is 6.57. The molecular weight excluding hydrogens is 144 g/mol. The van der Waals surface area contributed by atoms with Gasteiger partial charge in [0.25, 0.3) is 0 Å². The van der Waals surface area contributed by atoms with Crippen LogP contribution in [0.15, 0.2) is 0 Å². The van der Waals surface area contributed by atoms with Crippen LogP contribution in [0, 0.1) is 0 Å². The molecule has 0 radical (unpaired) electrons. The molecule has 0 bridgehead atoms. The van der Waals surface area contributed by atoms with Gasteiger partial charge in [0, 0.05) is 0 Å². The maximum Gasteiger partial charge on any atom is 0.167 e. The molecule has 0 amide bonds. The van der Waals surface area contributed by atoms with Gasteiger partial charge >= 0.3 is 0 Å². The van der Waals surface area contributed by atoms with Crippen molar-refractivity contribution in [1.29, 1.82) is 0 Å². The van der Waals surface area contributed by atoms with E-state index in [0.29, 0.717) is 11.6 Å². The molecule has 11 heavy (non-hydrogen) atoms. The Morgan fingerprint density at radius 1 is 1.55 bits per heavy atom. The summed E-state index contributed by atoms with van der Waals surface area (Å²) in [6.45, 7) is 3.40. The monoisotopic (exact) mass is 156 g/mol. The van der Waals surface area contributed by atoms with E-state index in [2.05, 4.69) is 15.2 Å². The smallest absolute Gasteiger partial charge is 0.167 e. The Hall–Kier alpha value is -0.940. The summed E-state index contributed by atoms with van der Waals surface area (Å²) in [6, 6.07) is -0.196. The molecule has 0 aromatic carbocycles. The first kappa shape index (κ1) is 8.16. The number of aliphatic hydroxyl groups is 1. The largest absolute Gasteiger partial charge is 0.385 e. The zero-order chi connectivity index (χ0) is 8.43. The lowest BCUT2D eigenvalue weighted by atomic mass is 10.3. The molecule has 0 fully saturated rings. The quantitative estimate of drug-likeness (QED) is 0.557. The SMILES string of the molecule is CC(N)c1n[nH]c(C(C)O)n1. The van der Waals surface area contributed by atoms with Crippen LogP contribution in [-0.2, 0) is 0 Å². The van der Waals surface area contributed by atoms with E-state index in [1.54, 1.807) is 13.8 Å². The van der Waals surface area contributed by atoms with Crippen molar-refractivity contribution in [2.75, 3.05) is 0 Å². The summed E-state index contributed by atoms with van der Waals surface area (Å²) in [5, 5.41) is 15.5. The number of aromatic nitrogens is 3. The van der Waals surface area contributed by atoms with Crippen molar-refractivity contribution in [1.82, 2.24) is 15.2 Å². The van der Waals surface area contributed by atoms with Crippen LogP contribution in [0.4, 0.5) is 0 Å². The van der Waals surface area contributed by atoms with Gasteiger partial charge in [-0.3, -0.25) is 5.10 Å². The van der Waals surface area contributed by atoms with Gasteiger partial charge in [0.05, 0.1) is 6.04 Å². The molecule has 0 spiro atoms. The number of aromatic amines is 1. The fourth-order valence-corrected chi connectivity index (χ4v) is 0.678. The second-order valence-electron chi connectivity index (χ2n) is 2.54. The van der Waals surface area contributed by atoms with Gasteiger partial charge in [-0.05, 0) is 13.8 Å². The number of rotatable bonds is 2. The van der Waals surface area contributed by atoms with Crippen molar-refractivity contribution in [2.24, 2.45) is 5.73 Å². The van der Waals surface area contributed by atoms with Gasteiger partial charge in [-0.1, -0.05) is 0 Å². The molecule has 62 valence electrons. The van der Waals surface area contributed by atoms with Crippen molar-refractivity contribution in [3.05, 3.63) is 11.6 Å². The number of nitrogens with zero attached hydrogens (tertiary/aromatic N) is 2. The number of hydrogen-bond donors (Lipinski definition) is 3. The molecule has 4 N–H and O–H groups in total.